The first-order valence-electron chi connectivity index (χ1n) is 9.01. The van der Waals surface area contributed by atoms with Gasteiger partial charge in [0.25, 0.3) is 5.91 Å². The van der Waals surface area contributed by atoms with Gasteiger partial charge < -0.3 is 15.7 Å². The molecule has 29 heavy (non-hydrogen) atoms. The Labute approximate surface area is 168 Å². The number of sulfonamides is 1. The molecule has 0 aromatic heterocycles. The van der Waals surface area contributed by atoms with Crippen LogP contribution in [0.1, 0.15) is 15.9 Å². The van der Waals surface area contributed by atoms with Gasteiger partial charge in [-0.3, -0.25) is 19.6 Å². The van der Waals surface area contributed by atoms with E-state index in [9.17, 15) is 23.1 Å². The van der Waals surface area contributed by atoms with Crippen molar-refractivity contribution < 1.29 is 23.1 Å². The van der Waals surface area contributed by atoms with Crippen LogP contribution in [0.5, 0.6) is 0 Å². The molecule has 10 heteroatoms. The first-order chi connectivity index (χ1) is 13.9. The second kappa shape index (κ2) is 9.03. The number of para-hydroxylation sites is 1. The van der Waals surface area contributed by atoms with Crippen LogP contribution in [-0.4, -0.2) is 50.0 Å². The third-order valence-corrected chi connectivity index (χ3v) is 6.04. The summed E-state index contributed by atoms with van der Waals surface area (Å²) < 4.78 is 27.6. The Morgan fingerprint density at radius 2 is 1.79 bits per heavy atom. The van der Waals surface area contributed by atoms with Crippen molar-refractivity contribution in [3.8, 4) is 0 Å². The van der Waals surface area contributed by atoms with E-state index >= 15 is 0 Å². The molecule has 0 aliphatic carbocycles. The number of anilines is 1. The molecule has 2 atom stereocenters. The lowest BCUT2D eigenvalue weighted by molar-refractivity contribution is -0.126. The topological polar surface area (TPSA) is 137 Å². The van der Waals surface area contributed by atoms with Gasteiger partial charge in [-0.1, -0.05) is 42.5 Å². The molecule has 1 aliphatic heterocycles. The molecule has 2 unspecified atom stereocenters. The molecule has 5 N–H and O–H groups in total. The minimum Gasteiger partial charge on any atom is -0.361 e. The van der Waals surface area contributed by atoms with Crippen LogP contribution in [-0.2, 0) is 21.2 Å². The number of nitrogens with one attached hydrogen (secondary N) is 4. The maximum Gasteiger partial charge on any atom is 0.253 e. The number of carbonyl (C=O) groups excluding carboxylic acids is 2. The molecule has 0 saturated carbocycles. The van der Waals surface area contributed by atoms with Crippen LogP contribution in [0.2, 0.25) is 0 Å². The van der Waals surface area contributed by atoms with E-state index in [0.717, 1.165) is 5.56 Å². The molecule has 1 fully saturated rings. The Hall–Kier alpha value is -2.95. The summed E-state index contributed by atoms with van der Waals surface area (Å²) in [7, 11) is -4.14. The van der Waals surface area contributed by atoms with Gasteiger partial charge in [0.05, 0.1) is 11.3 Å². The molecule has 154 valence electrons. The van der Waals surface area contributed by atoms with E-state index in [-0.39, 0.29) is 17.8 Å². The summed E-state index contributed by atoms with van der Waals surface area (Å²) >= 11 is 0. The average molecular weight is 418 g/mol. The van der Waals surface area contributed by atoms with E-state index in [4.69, 9.17) is 0 Å². The van der Waals surface area contributed by atoms with Crippen molar-refractivity contribution in [3.05, 3.63) is 65.7 Å². The number of aliphatic hydroxyl groups excluding tert-OH is 1. The van der Waals surface area contributed by atoms with Crippen molar-refractivity contribution in [3.63, 3.8) is 0 Å². The summed E-state index contributed by atoms with van der Waals surface area (Å²) in [6, 6.07) is 15.8. The monoisotopic (exact) mass is 418 g/mol. The van der Waals surface area contributed by atoms with Gasteiger partial charge in [-0.05, 0) is 24.1 Å². The Kier molecular flexibility index (Phi) is 6.47. The lowest BCUT2D eigenvalue weighted by Crippen LogP contribution is -2.61. The average Bonchev–Trinajstić information content (AvgIpc) is 2.68. The third-order valence-electron chi connectivity index (χ3n) is 4.41. The Balaban J connectivity index is 1.68. The zero-order chi connectivity index (χ0) is 20.9. The largest absolute Gasteiger partial charge is 0.361 e. The molecular formula is C19H22N4O5S. The van der Waals surface area contributed by atoms with Crippen LogP contribution in [0, 0.1) is 0 Å². The summed E-state index contributed by atoms with van der Waals surface area (Å²) in [5.41, 5.74) is 1.29. The molecular weight excluding hydrogens is 396 g/mol. The van der Waals surface area contributed by atoms with Crippen molar-refractivity contribution in [2.45, 2.75) is 18.0 Å². The summed E-state index contributed by atoms with van der Waals surface area (Å²) in [5, 5.41) is 15.2. The molecule has 2 aromatic rings. The number of amides is 2. The van der Waals surface area contributed by atoms with Crippen molar-refractivity contribution in [2.24, 2.45) is 0 Å². The van der Waals surface area contributed by atoms with Crippen molar-refractivity contribution in [1.29, 1.82) is 0 Å². The number of aliphatic hydroxyl groups is 1. The van der Waals surface area contributed by atoms with Gasteiger partial charge in [-0.2, -0.15) is 0 Å². The Bertz CT molecular complexity index is 981. The van der Waals surface area contributed by atoms with Gasteiger partial charge in [0.15, 0.2) is 11.6 Å². The summed E-state index contributed by atoms with van der Waals surface area (Å²) in [5.74, 6) is -1.26. The number of carbonyl (C=O) groups is 2. The Morgan fingerprint density at radius 3 is 2.52 bits per heavy atom. The molecule has 0 radical (unpaired) electrons. The molecule has 9 nitrogen and oxygen atoms in total. The molecule has 2 amide bonds. The third kappa shape index (κ3) is 5.31. The molecule has 1 saturated heterocycles. The van der Waals surface area contributed by atoms with E-state index in [0.29, 0.717) is 13.0 Å². The maximum atomic E-state index is 12.6. The summed E-state index contributed by atoms with van der Waals surface area (Å²) in [6.07, 6.45) is -0.659. The van der Waals surface area contributed by atoms with E-state index in [2.05, 4.69) is 20.7 Å². The van der Waals surface area contributed by atoms with Gasteiger partial charge in [0.1, 0.15) is 0 Å². The molecule has 0 spiro atoms. The smallest absolute Gasteiger partial charge is 0.253 e. The van der Waals surface area contributed by atoms with Gasteiger partial charge in [0.2, 0.25) is 15.9 Å². The minimum atomic E-state index is -4.14. The zero-order valence-electron chi connectivity index (χ0n) is 15.5. The lowest BCUT2D eigenvalue weighted by atomic mass is 10.1. The van der Waals surface area contributed by atoms with Gasteiger partial charge in [-0.25, -0.2) is 8.42 Å². The fourth-order valence-corrected chi connectivity index (χ4v) is 4.19. The van der Waals surface area contributed by atoms with Crippen LogP contribution in [0.4, 0.5) is 5.69 Å². The normalized spacial score (nSPS) is 19.3. The van der Waals surface area contributed by atoms with Crippen molar-refractivity contribution in [2.75, 3.05) is 17.8 Å². The van der Waals surface area contributed by atoms with E-state index in [1.165, 1.54) is 12.1 Å². The number of rotatable bonds is 7. The maximum absolute atomic E-state index is 12.6. The fourth-order valence-electron chi connectivity index (χ4n) is 2.90. The fraction of sp³-hybridized carbons (Fsp3) is 0.263. The lowest BCUT2D eigenvalue weighted by Gasteiger charge is -2.27. The first-order valence-corrected chi connectivity index (χ1v) is 10.6. The quantitative estimate of drug-likeness (QED) is 0.421. The van der Waals surface area contributed by atoms with Crippen molar-refractivity contribution >= 4 is 27.5 Å². The van der Waals surface area contributed by atoms with Gasteiger partial charge in [0, 0.05) is 13.1 Å². The second-order valence-electron chi connectivity index (χ2n) is 6.49. The van der Waals surface area contributed by atoms with Crippen LogP contribution >= 0.6 is 0 Å². The number of hydrogen-bond donors (Lipinski definition) is 5. The van der Waals surface area contributed by atoms with Crippen LogP contribution in [0.15, 0.2) is 54.6 Å². The van der Waals surface area contributed by atoms with Gasteiger partial charge >= 0.3 is 0 Å². The molecule has 2 aromatic carbocycles. The second-order valence-corrected chi connectivity index (χ2v) is 8.36. The first kappa shape index (κ1) is 20.8. The van der Waals surface area contributed by atoms with E-state index in [1.807, 2.05) is 30.3 Å². The summed E-state index contributed by atoms with van der Waals surface area (Å²) in [6.45, 7) is 0.130. The van der Waals surface area contributed by atoms with Crippen LogP contribution in [0.3, 0.4) is 0 Å². The SMILES string of the molecule is O=C(NCCc1ccccc1)c1ccccc1NS(=O)(=O)C1CNC(O)NC1=O. The van der Waals surface area contributed by atoms with Crippen molar-refractivity contribution in [1.82, 2.24) is 16.0 Å². The predicted molar refractivity (Wildman–Crippen MR) is 107 cm³/mol. The molecule has 0 bridgehead atoms. The highest BCUT2D eigenvalue weighted by atomic mass is 32.2. The molecule has 1 heterocycles. The summed E-state index contributed by atoms with van der Waals surface area (Å²) in [4.78, 5) is 24.5. The van der Waals surface area contributed by atoms with Crippen LogP contribution in [0.25, 0.3) is 0 Å². The highest BCUT2D eigenvalue weighted by Gasteiger charge is 2.37. The highest BCUT2D eigenvalue weighted by Crippen LogP contribution is 2.19. The minimum absolute atomic E-state index is 0.0728. The number of benzene rings is 2. The molecule has 3 rings (SSSR count). The standard InChI is InChI=1S/C19H22N4O5S/c24-17(20-11-10-13-6-2-1-3-7-13)14-8-4-5-9-15(14)23-29(27,28)16-12-21-19(26)22-18(16)25/h1-9,16,19,21,23,26H,10-12H2,(H,20,24)(H,22,25). The number of hydrogen-bond acceptors (Lipinski definition) is 6. The van der Waals surface area contributed by atoms with Gasteiger partial charge in [-0.15, -0.1) is 0 Å². The highest BCUT2D eigenvalue weighted by molar-refractivity contribution is 7.94. The van der Waals surface area contributed by atoms with Crippen LogP contribution < -0.4 is 20.7 Å². The van der Waals surface area contributed by atoms with E-state index in [1.54, 1.807) is 12.1 Å². The predicted octanol–water partition coefficient (Wildman–Crippen LogP) is -0.235. The van der Waals surface area contributed by atoms with E-state index < -0.39 is 33.4 Å². The Morgan fingerprint density at radius 1 is 1.10 bits per heavy atom. The molecule has 1 aliphatic rings. The zero-order valence-corrected chi connectivity index (χ0v) is 16.3.